The summed E-state index contributed by atoms with van der Waals surface area (Å²) >= 11 is 0. The monoisotopic (exact) mass is 424 g/mol. The summed E-state index contributed by atoms with van der Waals surface area (Å²) in [5.74, 6) is -0.319. The summed E-state index contributed by atoms with van der Waals surface area (Å²) in [6, 6.07) is 11.8. The van der Waals surface area contributed by atoms with Crippen LogP contribution < -0.4 is 10.1 Å². The topological polar surface area (TPSA) is 75.7 Å². The lowest BCUT2D eigenvalue weighted by molar-refractivity contribution is -0.0498. The number of benzene rings is 2. The maximum atomic E-state index is 12.6. The van der Waals surface area contributed by atoms with Gasteiger partial charge in [-0.25, -0.2) is 8.42 Å². The standard InChI is InChI=1S/C20H22F2N2O4S/c21-20(22)28-17-8-4-15(5-9-17)14-23-19(25)16-6-10-18(11-7-16)29(26,27)24-12-2-1-3-13-24/h4-11,20H,1-3,12-14H2,(H,23,25). The number of carbonyl (C=O) groups excluding carboxylic acids is 1. The van der Waals surface area contributed by atoms with E-state index in [1.54, 1.807) is 12.1 Å². The SMILES string of the molecule is O=C(NCc1ccc(OC(F)F)cc1)c1ccc(S(=O)(=O)N2CCCCC2)cc1. The molecule has 0 spiro atoms. The molecule has 2 aromatic carbocycles. The lowest BCUT2D eigenvalue weighted by atomic mass is 10.2. The molecule has 0 atom stereocenters. The average Bonchev–Trinajstić information content (AvgIpc) is 2.73. The maximum Gasteiger partial charge on any atom is 0.387 e. The third-order valence-electron chi connectivity index (χ3n) is 4.67. The van der Waals surface area contributed by atoms with Crippen LogP contribution in [0.4, 0.5) is 8.78 Å². The Hall–Kier alpha value is -2.52. The molecule has 1 N–H and O–H groups in total. The molecule has 0 saturated carbocycles. The van der Waals surface area contributed by atoms with E-state index in [0.717, 1.165) is 19.3 Å². The molecule has 3 rings (SSSR count). The number of nitrogens with zero attached hydrogens (tertiary/aromatic N) is 1. The number of rotatable bonds is 7. The van der Waals surface area contributed by atoms with Gasteiger partial charge < -0.3 is 10.1 Å². The quantitative estimate of drug-likeness (QED) is 0.739. The number of halogens is 2. The Balaban J connectivity index is 1.59. The van der Waals surface area contributed by atoms with Crippen LogP contribution in [0.2, 0.25) is 0 Å². The van der Waals surface area contributed by atoms with Gasteiger partial charge in [-0.2, -0.15) is 13.1 Å². The number of nitrogens with one attached hydrogen (secondary N) is 1. The highest BCUT2D eigenvalue weighted by Crippen LogP contribution is 2.21. The van der Waals surface area contributed by atoms with Crippen molar-refractivity contribution >= 4 is 15.9 Å². The molecule has 2 aromatic rings. The Bertz CT molecular complexity index is 926. The van der Waals surface area contributed by atoms with Crippen LogP contribution in [0.5, 0.6) is 5.75 Å². The van der Waals surface area contributed by atoms with Gasteiger partial charge in [0, 0.05) is 25.2 Å². The second-order valence-electron chi connectivity index (χ2n) is 6.69. The van der Waals surface area contributed by atoms with Crippen LogP contribution in [0.1, 0.15) is 35.2 Å². The van der Waals surface area contributed by atoms with E-state index in [0.29, 0.717) is 24.2 Å². The Kier molecular flexibility index (Phi) is 6.81. The van der Waals surface area contributed by atoms with Gasteiger partial charge in [0.1, 0.15) is 5.75 Å². The first-order valence-electron chi connectivity index (χ1n) is 9.28. The largest absolute Gasteiger partial charge is 0.435 e. The van der Waals surface area contributed by atoms with Crippen molar-refractivity contribution in [2.45, 2.75) is 37.3 Å². The molecular weight excluding hydrogens is 402 g/mol. The van der Waals surface area contributed by atoms with Gasteiger partial charge >= 0.3 is 6.61 Å². The van der Waals surface area contributed by atoms with E-state index in [1.807, 2.05) is 0 Å². The summed E-state index contributed by atoms with van der Waals surface area (Å²) in [5.41, 5.74) is 1.05. The summed E-state index contributed by atoms with van der Waals surface area (Å²) in [4.78, 5) is 12.5. The normalized spacial score (nSPS) is 15.3. The Morgan fingerprint density at radius 1 is 1.00 bits per heavy atom. The van der Waals surface area contributed by atoms with Gasteiger partial charge in [0.2, 0.25) is 10.0 Å². The summed E-state index contributed by atoms with van der Waals surface area (Å²) in [5, 5.41) is 2.71. The number of hydrogen-bond donors (Lipinski definition) is 1. The van der Waals surface area contributed by atoms with E-state index in [9.17, 15) is 22.0 Å². The molecule has 1 aliphatic rings. The van der Waals surface area contributed by atoms with Gasteiger partial charge in [-0.3, -0.25) is 4.79 Å². The van der Waals surface area contributed by atoms with Crippen LogP contribution >= 0.6 is 0 Å². The fourth-order valence-corrected chi connectivity index (χ4v) is 4.62. The molecule has 0 aliphatic carbocycles. The van der Waals surface area contributed by atoms with E-state index in [2.05, 4.69) is 10.1 Å². The second-order valence-corrected chi connectivity index (χ2v) is 8.63. The van der Waals surface area contributed by atoms with E-state index < -0.39 is 16.6 Å². The molecule has 9 heteroatoms. The number of sulfonamides is 1. The van der Waals surface area contributed by atoms with Crippen LogP contribution in [0, 0.1) is 0 Å². The van der Waals surface area contributed by atoms with Gasteiger partial charge in [0.25, 0.3) is 5.91 Å². The predicted octanol–water partition coefficient (Wildman–Crippen LogP) is 3.39. The number of alkyl halides is 2. The lowest BCUT2D eigenvalue weighted by Gasteiger charge is -2.25. The third kappa shape index (κ3) is 5.51. The first-order valence-corrected chi connectivity index (χ1v) is 10.7. The van der Waals surface area contributed by atoms with Crippen molar-refractivity contribution in [3.8, 4) is 5.75 Å². The van der Waals surface area contributed by atoms with Gasteiger partial charge in [-0.1, -0.05) is 18.6 Å². The number of piperidine rings is 1. The van der Waals surface area contributed by atoms with E-state index in [1.165, 1.54) is 40.7 Å². The number of amides is 1. The van der Waals surface area contributed by atoms with Crippen molar-refractivity contribution in [3.63, 3.8) is 0 Å². The van der Waals surface area contributed by atoms with Crippen LogP contribution in [-0.4, -0.2) is 38.3 Å². The van der Waals surface area contributed by atoms with Gasteiger partial charge in [-0.15, -0.1) is 0 Å². The minimum absolute atomic E-state index is 0.0422. The smallest absolute Gasteiger partial charge is 0.387 e. The van der Waals surface area contributed by atoms with Crippen molar-refractivity contribution in [2.75, 3.05) is 13.1 Å². The molecular formula is C20H22F2N2O4S. The van der Waals surface area contributed by atoms with Crippen molar-refractivity contribution in [2.24, 2.45) is 0 Å². The Morgan fingerprint density at radius 3 is 2.21 bits per heavy atom. The molecule has 1 amide bonds. The lowest BCUT2D eigenvalue weighted by Crippen LogP contribution is -2.35. The molecule has 29 heavy (non-hydrogen) atoms. The molecule has 1 heterocycles. The molecule has 0 radical (unpaired) electrons. The summed E-state index contributed by atoms with van der Waals surface area (Å²) in [7, 11) is -3.54. The van der Waals surface area contributed by atoms with Crippen LogP contribution in [0.25, 0.3) is 0 Å². The average molecular weight is 424 g/mol. The van der Waals surface area contributed by atoms with E-state index in [4.69, 9.17) is 0 Å². The van der Waals surface area contributed by atoms with Gasteiger partial charge in [-0.05, 0) is 54.8 Å². The molecule has 0 unspecified atom stereocenters. The second kappa shape index (κ2) is 9.32. The molecule has 1 saturated heterocycles. The highest BCUT2D eigenvalue weighted by molar-refractivity contribution is 7.89. The number of hydrogen-bond acceptors (Lipinski definition) is 4. The highest BCUT2D eigenvalue weighted by Gasteiger charge is 2.25. The molecule has 0 aromatic heterocycles. The zero-order valence-corrected chi connectivity index (χ0v) is 16.5. The molecule has 1 aliphatic heterocycles. The zero-order chi connectivity index (χ0) is 20.9. The first-order chi connectivity index (χ1) is 13.9. The van der Waals surface area contributed by atoms with Gasteiger partial charge in [0.15, 0.2) is 0 Å². The van der Waals surface area contributed by atoms with Gasteiger partial charge in [0.05, 0.1) is 4.90 Å². The number of ether oxygens (including phenoxy) is 1. The van der Waals surface area contributed by atoms with E-state index >= 15 is 0 Å². The summed E-state index contributed by atoms with van der Waals surface area (Å²) in [6.45, 7) is -1.65. The minimum atomic E-state index is -3.54. The maximum absolute atomic E-state index is 12.6. The molecule has 1 fully saturated rings. The van der Waals surface area contributed by atoms with Crippen molar-refractivity contribution in [1.29, 1.82) is 0 Å². The van der Waals surface area contributed by atoms with Crippen LogP contribution in [-0.2, 0) is 16.6 Å². The third-order valence-corrected chi connectivity index (χ3v) is 6.58. The molecule has 0 bridgehead atoms. The fraction of sp³-hybridized carbons (Fsp3) is 0.350. The fourth-order valence-electron chi connectivity index (χ4n) is 3.11. The Labute approximate surface area is 168 Å². The zero-order valence-electron chi connectivity index (χ0n) is 15.7. The van der Waals surface area contributed by atoms with Crippen LogP contribution in [0.3, 0.4) is 0 Å². The minimum Gasteiger partial charge on any atom is -0.435 e. The summed E-state index contributed by atoms with van der Waals surface area (Å²) in [6.07, 6.45) is 2.75. The Morgan fingerprint density at radius 2 is 1.62 bits per heavy atom. The van der Waals surface area contributed by atoms with Crippen molar-refractivity contribution in [1.82, 2.24) is 9.62 Å². The van der Waals surface area contributed by atoms with E-state index in [-0.39, 0.29) is 23.1 Å². The first kappa shape index (κ1) is 21.2. The molecule has 156 valence electrons. The highest BCUT2D eigenvalue weighted by atomic mass is 32.2. The van der Waals surface area contributed by atoms with Crippen molar-refractivity contribution in [3.05, 3.63) is 59.7 Å². The van der Waals surface area contributed by atoms with Crippen LogP contribution in [0.15, 0.2) is 53.4 Å². The molecule has 6 nitrogen and oxygen atoms in total. The summed E-state index contributed by atoms with van der Waals surface area (Å²) < 4.78 is 55.3. The predicted molar refractivity (Wildman–Crippen MR) is 103 cm³/mol. The van der Waals surface area contributed by atoms with Crippen molar-refractivity contribution < 1.29 is 26.7 Å². The number of carbonyl (C=O) groups is 1.